The van der Waals surface area contributed by atoms with Gasteiger partial charge in [-0.3, -0.25) is 9.69 Å². The second kappa shape index (κ2) is 5.57. The molecule has 0 aromatic carbocycles. The van der Waals surface area contributed by atoms with Crippen LogP contribution in [-0.4, -0.2) is 59.6 Å². The topological polar surface area (TPSA) is 43.8 Å². The van der Waals surface area contributed by atoms with Gasteiger partial charge in [0.15, 0.2) is 0 Å². The molecule has 2 aliphatic rings. The Hall–Kier alpha value is -0.610. The van der Waals surface area contributed by atoms with E-state index in [1.807, 2.05) is 6.92 Å². The van der Waals surface area contributed by atoms with Gasteiger partial charge in [0.1, 0.15) is 0 Å². The maximum atomic E-state index is 11.4. The fourth-order valence-corrected chi connectivity index (χ4v) is 3.37. The molecule has 2 heterocycles. The highest BCUT2D eigenvalue weighted by Gasteiger charge is 2.40. The van der Waals surface area contributed by atoms with Crippen LogP contribution in [-0.2, 0) is 4.79 Å². The molecule has 4 nitrogen and oxygen atoms in total. The summed E-state index contributed by atoms with van der Waals surface area (Å²) in [5.41, 5.74) is -0.528. The predicted molar refractivity (Wildman–Crippen MR) is 71.7 cm³/mol. The summed E-state index contributed by atoms with van der Waals surface area (Å²) in [6.07, 6.45) is 4.25. The Labute approximate surface area is 110 Å². The van der Waals surface area contributed by atoms with Crippen LogP contribution in [0.25, 0.3) is 0 Å². The van der Waals surface area contributed by atoms with Crippen molar-refractivity contribution in [2.24, 2.45) is 5.41 Å². The van der Waals surface area contributed by atoms with E-state index < -0.39 is 11.4 Å². The molecule has 2 saturated heterocycles. The fourth-order valence-electron chi connectivity index (χ4n) is 3.37. The first-order valence-corrected chi connectivity index (χ1v) is 7.25. The van der Waals surface area contributed by atoms with Gasteiger partial charge in [0.05, 0.1) is 5.41 Å². The molecule has 0 saturated carbocycles. The molecule has 0 aromatic rings. The molecule has 0 radical (unpaired) electrons. The molecular weight excluding hydrogens is 228 g/mol. The van der Waals surface area contributed by atoms with E-state index in [1.54, 1.807) is 0 Å². The van der Waals surface area contributed by atoms with Crippen LogP contribution in [0.2, 0.25) is 0 Å². The molecule has 1 unspecified atom stereocenters. The summed E-state index contributed by atoms with van der Waals surface area (Å²) in [6, 6.07) is 0.603. The summed E-state index contributed by atoms with van der Waals surface area (Å²) >= 11 is 0. The normalized spacial score (nSPS) is 32.6. The predicted octanol–water partition coefficient (Wildman–Crippen LogP) is 1.66. The van der Waals surface area contributed by atoms with Crippen molar-refractivity contribution in [3.8, 4) is 0 Å². The van der Waals surface area contributed by atoms with Crippen LogP contribution in [0, 0.1) is 5.41 Å². The van der Waals surface area contributed by atoms with Crippen LogP contribution in [0.1, 0.15) is 39.5 Å². The first-order chi connectivity index (χ1) is 8.55. The average Bonchev–Trinajstić information content (AvgIpc) is 2.39. The van der Waals surface area contributed by atoms with Crippen LogP contribution < -0.4 is 0 Å². The van der Waals surface area contributed by atoms with E-state index in [0.29, 0.717) is 6.04 Å². The summed E-state index contributed by atoms with van der Waals surface area (Å²) in [6.45, 7) is 9.41. The Morgan fingerprint density at radius 3 is 2.56 bits per heavy atom. The van der Waals surface area contributed by atoms with Crippen molar-refractivity contribution in [2.75, 3.05) is 32.7 Å². The number of piperidine rings is 2. The number of carboxylic acid groups (broad SMARTS) is 1. The molecule has 0 aliphatic carbocycles. The Balaban J connectivity index is 1.92. The number of rotatable bonds is 3. The molecular formula is C14H26N2O2. The molecule has 2 rings (SSSR count). The lowest BCUT2D eigenvalue weighted by Gasteiger charge is -2.44. The lowest BCUT2D eigenvalue weighted by molar-refractivity contribution is -0.152. The van der Waals surface area contributed by atoms with E-state index in [1.165, 1.54) is 25.9 Å². The van der Waals surface area contributed by atoms with Gasteiger partial charge in [-0.25, -0.2) is 0 Å². The highest BCUT2D eigenvalue weighted by atomic mass is 16.4. The van der Waals surface area contributed by atoms with Crippen molar-refractivity contribution in [1.82, 2.24) is 9.80 Å². The number of carboxylic acids is 1. The summed E-state index contributed by atoms with van der Waals surface area (Å²) in [7, 11) is 0. The molecule has 0 amide bonds. The maximum absolute atomic E-state index is 11.4. The van der Waals surface area contributed by atoms with Crippen molar-refractivity contribution < 1.29 is 9.90 Å². The van der Waals surface area contributed by atoms with Crippen molar-refractivity contribution in [2.45, 2.75) is 45.6 Å². The van der Waals surface area contributed by atoms with Crippen LogP contribution in [0.5, 0.6) is 0 Å². The second-order valence-electron chi connectivity index (χ2n) is 6.11. The number of hydrogen-bond acceptors (Lipinski definition) is 3. The number of aliphatic carboxylic acids is 1. The molecule has 104 valence electrons. The number of likely N-dealkylation sites (tertiary alicyclic amines) is 2. The van der Waals surface area contributed by atoms with E-state index in [0.717, 1.165) is 32.5 Å². The van der Waals surface area contributed by atoms with Gasteiger partial charge in [-0.15, -0.1) is 0 Å². The minimum atomic E-state index is -0.627. The summed E-state index contributed by atoms with van der Waals surface area (Å²) in [5, 5.41) is 9.36. The van der Waals surface area contributed by atoms with Gasteiger partial charge < -0.3 is 10.0 Å². The molecule has 1 atom stereocenters. The quantitative estimate of drug-likeness (QED) is 0.832. The molecule has 0 spiro atoms. The van der Waals surface area contributed by atoms with Crippen molar-refractivity contribution in [3.63, 3.8) is 0 Å². The monoisotopic (exact) mass is 254 g/mol. The Morgan fingerprint density at radius 1 is 1.33 bits per heavy atom. The maximum Gasteiger partial charge on any atom is 0.310 e. The molecule has 0 bridgehead atoms. The second-order valence-corrected chi connectivity index (χ2v) is 6.11. The third-order valence-electron chi connectivity index (χ3n) is 4.76. The smallest absolute Gasteiger partial charge is 0.310 e. The van der Waals surface area contributed by atoms with Crippen LogP contribution in [0.15, 0.2) is 0 Å². The van der Waals surface area contributed by atoms with Crippen molar-refractivity contribution >= 4 is 5.97 Å². The van der Waals surface area contributed by atoms with Gasteiger partial charge in [0, 0.05) is 12.6 Å². The van der Waals surface area contributed by atoms with Gasteiger partial charge in [0.25, 0.3) is 0 Å². The number of carbonyl (C=O) groups is 1. The van der Waals surface area contributed by atoms with E-state index in [9.17, 15) is 9.90 Å². The highest BCUT2D eigenvalue weighted by Crippen LogP contribution is 2.32. The Kier molecular flexibility index (Phi) is 4.28. The third kappa shape index (κ3) is 2.86. The Bertz CT molecular complexity index is 300. The van der Waals surface area contributed by atoms with Crippen molar-refractivity contribution in [1.29, 1.82) is 0 Å². The lowest BCUT2D eigenvalue weighted by Crippen LogP contribution is -2.52. The lowest BCUT2D eigenvalue weighted by atomic mass is 9.81. The van der Waals surface area contributed by atoms with E-state index in [2.05, 4.69) is 16.7 Å². The van der Waals surface area contributed by atoms with E-state index in [4.69, 9.17) is 0 Å². The SMILES string of the molecule is CCN1CCC(N2CCCC(C)(C(=O)O)C2)CC1. The molecule has 2 fully saturated rings. The van der Waals surface area contributed by atoms with Gasteiger partial charge in [-0.1, -0.05) is 6.92 Å². The highest BCUT2D eigenvalue weighted by molar-refractivity contribution is 5.74. The Morgan fingerprint density at radius 2 is 2.00 bits per heavy atom. The van der Waals surface area contributed by atoms with Crippen LogP contribution in [0.3, 0.4) is 0 Å². The zero-order valence-electron chi connectivity index (χ0n) is 11.7. The van der Waals surface area contributed by atoms with Crippen molar-refractivity contribution in [3.05, 3.63) is 0 Å². The number of nitrogens with zero attached hydrogens (tertiary/aromatic N) is 2. The molecule has 18 heavy (non-hydrogen) atoms. The molecule has 0 aromatic heterocycles. The fraction of sp³-hybridized carbons (Fsp3) is 0.929. The van der Waals surface area contributed by atoms with E-state index >= 15 is 0 Å². The standard InChI is InChI=1S/C14H26N2O2/c1-3-15-9-5-12(6-10-15)16-8-4-7-14(2,11-16)13(17)18/h12H,3-11H2,1-2H3,(H,17,18). The zero-order chi connectivity index (χ0) is 13.2. The summed E-state index contributed by atoms with van der Waals surface area (Å²) < 4.78 is 0. The molecule has 2 aliphatic heterocycles. The average molecular weight is 254 g/mol. The summed E-state index contributed by atoms with van der Waals surface area (Å²) in [5.74, 6) is -0.627. The largest absolute Gasteiger partial charge is 0.481 e. The minimum Gasteiger partial charge on any atom is -0.481 e. The van der Waals surface area contributed by atoms with Crippen LogP contribution >= 0.6 is 0 Å². The number of hydrogen-bond donors (Lipinski definition) is 1. The zero-order valence-corrected chi connectivity index (χ0v) is 11.7. The molecule has 1 N–H and O–H groups in total. The third-order valence-corrected chi connectivity index (χ3v) is 4.76. The molecule has 4 heteroatoms. The van der Waals surface area contributed by atoms with Gasteiger partial charge >= 0.3 is 5.97 Å². The van der Waals surface area contributed by atoms with Gasteiger partial charge in [0.2, 0.25) is 0 Å². The van der Waals surface area contributed by atoms with Gasteiger partial charge in [-0.05, 0) is 58.8 Å². The first kappa shape index (κ1) is 13.8. The summed E-state index contributed by atoms with van der Waals surface area (Å²) in [4.78, 5) is 16.3. The minimum absolute atomic E-state index is 0.528. The van der Waals surface area contributed by atoms with Crippen LogP contribution in [0.4, 0.5) is 0 Å². The van der Waals surface area contributed by atoms with Gasteiger partial charge in [-0.2, -0.15) is 0 Å². The van der Waals surface area contributed by atoms with E-state index in [-0.39, 0.29) is 0 Å². The first-order valence-electron chi connectivity index (χ1n) is 7.25.